The molecule has 0 bridgehead atoms. The van der Waals surface area contributed by atoms with Crippen LogP contribution < -0.4 is 5.32 Å². The lowest BCUT2D eigenvalue weighted by Crippen LogP contribution is -2.20. The molecule has 0 spiro atoms. The van der Waals surface area contributed by atoms with E-state index in [1.807, 2.05) is 19.2 Å². The zero-order chi connectivity index (χ0) is 12.8. The molecule has 1 fully saturated rings. The second-order valence-corrected chi connectivity index (χ2v) is 5.45. The van der Waals surface area contributed by atoms with Crippen molar-refractivity contribution in [3.05, 3.63) is 35.6 Å². The van der Waals surface area contributed by atoms with Crippen molar-refractivity contribution < 1.29 is 4.39 Å². The smallest absolute Gasteiger partial charge is 0.123 e. The molecule has 2 rings (SSSR count). The molecule has 1 unspecified atom stereocenters. The molecule has 0 amide bonds. The summed E-state index contributed by atoms with van der Waals surface area (Å²) in [6.45, 7) is 1.04. The molecule has 0 heterocycles. The first kappa shape index (κ1) is 13.5. The Bertz CT molecular complexity index is 341. The predicted octanol–water partition coefficient (Wildman–Crippen LogP) is 4.10. The van der Waals surface area contributed by atoms with Crippen LogP contribution in [-0.2, 0) is 0 Å². The second-order valence-electron chi connectivity index (χ2n) is 5.45. The first-order chi connectivity index (χ1) is 8.81. The Morgan fingerprint density at radius 1 is 1.17 bits per heavy atom. The molecule has 1 aliphatic carbocycles. The van der Waals surface area contributed by atoms with Crippen molar-refractivity contribution in [3.63, 3.8) is 0 Å². The van der Waals surface area contributed by atoms with Gasteiger partial charge in [0.1, 0.15) is 5.82 Å². The van der Waals surface area contributed by atoms with E-state index in [1.54, 1.807) is 12.1 Å². The molecular weight excluding hydrogens is 225 g/mol. The molecule has 1 aromatic carbocycles. The summed E-state index contributed by atoms with van der Waals surface area (Å²) in [5.74, 6) is 1.26. The van der Waals surface area contributed by atoms with E-state index in [2.05, 4.69) is 5.32 Å². The van der Waals surface area contributed by atoms with Crippen LogP contribution in [0.2, 0.25) is 0 Å². The summed E-state index contributed by atoms with van der Waals surface area (Å²) in [5, 5.41) is 3.24. The van der Waals surface area contributed by atoms with E-state index in [4.69, 9.17) is 0 Å². The number of rotatable bonds is 5. The third kappa shape index (κ3) is 3.55. The van der Waals surface area contributed by atoms with Crippen LogP contribution in [0.4, 0.5) is 4.39 Å². The number of nitrogens with one attached hydrogen (secondary N) is 1. The number of halogens is 1. The van der Waals surface area contributed by atoms with Crippen LogP contribution in [0.25, 0.3) is 0 Å². The molecule has 0 radical (unpaired) electrons. The van der Waals surface area contributed by atoms with Gasteiger partial charge in [0.05, 0.1) is 0 Å². The highest BCUT2D eigenvalue weighted by molar-refractivity contribution is 5.21. The Morgan fingerprint density at radius 3 is 2.44 bits per heavy atom. The molecular formula is C16H24FN. The van der Waals surface area contributed by atoms with Gasteiger partial charge in [-0.3, -0.25) is 0 Å². The molecule has 0 aromatic heterocycles. The maximum absolute atomic E-state index is 13.0. The van der Waals surface area contributed by atoms with Crippen LogP contribution in [-0.4, -0.2) is 13.6 Å². The quantitative estimate of drug-likeness (QED) is 0.828. The van der Waals surface area contributed by atoms with Crippen molar-refractivity contribution in [1.29, 1.82) is 0 Å². The molecule has 0 saturated heterocycles. The highest BCUT2D eigenvalue weighted by atomic mass is 19.1. The Labute approximate surface area is 110 Å². The Hall–Kier alpha value is -0.890. The van der Waals surface area contributed by atoms with Crippen LogP contribution in [0.1, 0.15) is 50.0 Å². The van der Waals surface area contributed by atoms with Gasteiger partial charge >= 0.3 is 0 Å². The molecule has 18 heavy (non-hydrogen) atoms. The second kappa shape index (κ2) is 6.89. The minimum Gasteiger partial charge on any atom is -0.320 e. The lowest BCUT2D eigenvalue weighted by molar-refractivity contribution is 0.293. The van der Waals surface area contributed by atoms with E-state index in [0.717, 1.165) is 18.9 Å². The van der Waals surface area contributed by atoms with E-state index in [9.17, 15) is 4.39 Å². The van der Waals surface area contributed by atoms with Gasteiger partial charge in [0, 0.05) is 0 Å². The molecule has 2 heteroatoms. The molecule has 1 atom stereocenters. The van der Waals surface area contributed by atoms with Crippen molar-refractivity contribution in [3.8, 4) is 0 Å². The zero-order valence-corrected chi connectivity index (χ0v) is 11.3. The average Bonchev–Trinajstić information content (AvgIpc) is 2.42. The third-order valence-corrected chi connectivity index (χ3v) is 4.22. The van der Waals surface area contributed by atoms with E-state index in [-0.39, 0.29) is 5.82 Å². The Balaban J connectivity index is 2.10. The van der Waals surface area contributed by atoms with Crippen molar-refractivity contribution in [2.75, 3.05) is 13.6 Å². The van der Waals surface area contributed by atoms with Crippen molar-refractivity contribution in [1.82, 2.24) is 5.32 Å². The molecule has 1 nitrogen and oxygen atoms in total. The lowest BCUT2D eigenvalue weighted by Gasteiger charge is -2.30. The van der Waals surface area contributed by atoms with Gasteiger partial charge in [-0.25, -0.2) is 4.39 Å². The van der Waals surface area contributed by atoms with Gasteiger partial charge in [-0.2, -0.15) is 0 Å². The topological polar surface area (TPSA) is 12.0 Å². The van der Waals surface area contributed by atoms with Gasteiger partial charge in [-0.1, -0.05) is 31.4 Å². The third-order valence-electron chi connectivity index (χ3n) is 4.22. The zero-order valence-electron chi connectivity index (χ0n) is 11.3. The fourth-order valence-electron chi connectivity index (χ4n) is 3.22. The lowest BCUT2D eigenvalue weighted by atomic mass is 9.75. The summed E-state index contributed by atoms with van der Waals surface area (Å²) >= 11 is 0. The molecule has 100 valence electrons. The number of hydrogen-bond acceptors (Lipinski definition) is 1. The number of benzene rings is 1. The first-order valence-electron chi connectivity index (χ1n) is 7.21. The summed E-state index contributed by atoms with van der Waals surface area (Å²) in [6, 6.07) is 7.16. The molecule has 1 aliphatic rings. The summed E-state index contributed by atoms with van der Waals surface area (Å²) in [5.41, 5.74) is 1.32. The molecule has 1 saturated carbocycles. The van der Waals surface area contributed by atoms with E-state index in [0.29, 0.717) is 5.92 Å². The summed E-state index contributed by atoms with van der Waals surface area (Å²) in [6.07, 6.45) is 7.95. The first-order valence-corrected chi connectivity index (χ1v) is 7.21. The highest BCUT2D eigenvalue weighted by Gasteiger charge is 2.24. The maximum atomic E-state index is 13.0. The van der Waals surface area contributed by atoms with Gasteiger partial charge in [-0.15, -0.1) is 0 Å². The van der Waals surface area contributed by atoms with Gasteiger partial charge in [0.15, 0.2) is 0 Å². The largest absolute Gasteiger partial charge is 0.320 e. The highest BCUT2D eigenvalue weighted by Crippen LogP contribution is 2.37. The maximum Gasteiger partial charge on any atom is 0.123 e. The molecule has 0 aliphatic heterocycles. The number of hydrogen-bond donors (Lipinski definition) is 1. The van der Waals surface area contributed by atoms with Crippen molar-refractivity contribution in [2.45, 2.75) is 44.4 Å². The van der Waals surface area contributed by atoms with E-state index in [1.165, 1.54) is 37.7 Å². The van der Waals surface area contributed by atoms with Crippen LogP contribution in [0.15, 0.2) is 24.3 Å². The van der Waals surface area contributed by atoms with Gasteiger partial charge < -0.3 is 5.32 Å². The Morgan fingerprint density at radius 2 is 1.83 bits per heavy atom. The minimum atomic E-state index is -0.130. The van der Waals surface area contributed by atoms with Crippen molar-refractivity contribution in [2.24, 2.45) is 5.92 Å². The van der Waals surface area contributed by atoms with Gasteiger partial charge in [-0.05, 0) is 62.4 Å². The van der Waals surface area contributed by atoms with E-state index < -0.39 is 0 Å². The summed E-state index contributed by atoms with van der Waals surface area (Å²) < 4.78 is 13.0. The normalized spacial score (nSPS) is 18.8. The van der Waals surface area contributed by atoms with Gasteiger partial charge in [0.2, 0.25) is 0 Å². The average molecular weight is 249 g/mol. The standard InChI is InChI=1S/C16H24FN/c1-18-12-11-16(13-5-3-2-4-6-13)14-7-9-15(17)10-8-14/h7-10,13,16,18H,2-6,11-12H2,1H3. The fraction of sp³-hybridized carbons (Fsp3) is 0.625. The van der Waals surface area contributed by atoms with Crippen LogP contribution >= 0.6 is 0 Å². The van der Waals surface area contributed by atoms with Crippen LogP contribution in [0, 0.1) is 11.7 Å². The van der Waals surface area contributed by atoms with Crippen LogP contribution in [0.3, 0.4) is 0 Å². The van der Waals surface area contributed by atoms with Crippen molar-refractivity contribution >= 4 is 0 Å². The van der Waals surface area contributed by atoms with Crippen LogP contribution in [0.5, 0.6) is 0 Å². The molecule has 1 aromatic rings. The SMILES string of the molecule is CNCCC(c1ccc(F)cc1)C1CCCCC1. The summed E-state index contributed by atoms with van der Waals surface area (Å²) in [7, 11) is 2.00. The fourth-order valence-corrected chi connectivity index (χ4v) is 3.22. The summed E-state index contributed by atoms with van der Waals surface area (Å²) in [4.78, 5) is 0. The van der Waals surface area contributed by atoms with E-state index >= 15 is 0 Å². The minimum absolute atomic E-state index is 0.130. The monoisotopic (exact) mass is 249 g/mol. The predicted molar refractivity (Wildman–Crippen MR) is 74.3 cm³/mol. The van der Waals surface area contributed by atoms with Gasteiger partial charge in [0.25, 0.3) is 0 Å². The molecule has 1 N–H and O–H groups in total. The Kier molecular flexibility index (Phi) is 5.18.